The fraction of sp³-hybridized carbons (Fsp3) is 0.351. The van der Waals surface area contributed by atoms with Gasteiger partial charge in [-0.05, 0) is 48.0 Å². The molecule has 2 fully saturated rings. The first kappa shape index (κ1) is 40.2. The number of fused-ring (bicyclic) bond motifs is 1. The van der Waals surface area contributed by atoms with E-state index < -0.39 is 109 Å². The van der Waals surface area contributed by atoms with Crippen LogP contribution in [0.2, 0.25) is 0 Å². The molecule has 3 aromatic carbocycles. The number of phenols is 4. The number of methoxy groups -OCH3 is 1. The van der Waals surface area contributed by atoms with Gasteiger partial charge in [-0.25, -0.2) is 4.79 Å². The Balaban J connectivity index is 1.26. The molecule has 0 amide bonds. The number of carbonyl (C=O) groups excluding carboxylic acids is 1. The summed E-state index contributed by atoms with van der Waals surface area (Å²) in [7, 11) is 1.33. The molecule has 0 aliphatic carbocycles. The quantitative estimate of drug-likeness (QED) is 0.0680. The summed E-state index contributed by atoms with van der Waals surface area (Å²) in [6.45, 7) is -1.78. The summed E-state index contributed by atoms with van der Waals surface area (Å²) in [5, 5.41) is 104. The molecule has 2 aliphatic rings. The first-order valence-electron chi connectivity index (χ1n) is 16.9. The van der Waals surface area contributed by atoms with Crippen molar-refractivity contribution in [2.24, 2.45) is 0 Å². The van der Waals surface area contributed by atoms with Gasteiger partial charge in [0.05, 0.1) is 20.3 Å². The second-order valence-corrected chi connectivity index (χ2v) is 12.8. The lowest BCUT2D eigenvalue weighted by Gasteiger charge is -2.46. The van der Waals surface area contributed by atoms with Crippen molar-refractivity contribution in [1.29, 1.82) is 0 Å². The molecule has 0 spiro atoms. The van der Waals surface area contributed by atoms with Crippen molar-refractivity contribution in [3.63, 3.8) is 0 Å². The van der Waals surface area contributed by atoms with Gasteiger partial charge in [-0.2, -0.15) is 0 Å². The zero-order chi connectivity index (χ0) is 40.4. The summed E-state index contributed by atoms with van der Waals surface area (Å²) >= 11 is 0. The average Bonchev–Trinajstić information content (AvgIpc) is 3.17. The molecule has 10 N–H and O–H groups in total. The molecule has 4 unspecified atom stereocenters. The van der Waals surface area contributed by atoms with Crippen LogP contribution in [0.25, 0.3) is 28.4 Å². The highest BCUT2D eigenvalue weighted by atomic mass is 16.7. The zero-order valence-corrected chi connectivity index (χ0v) is 29.2. The van der Waals surface area contributed by atoms with Gasteiger partial charge in [0.2, 0.25) is 17.5 Å². The van der Waals surface area contributed by atoms with Gasteiger partial charge in [-0.1, -0.05) is 6.07 Å². The SMILES string of the molecule is COc1cc(C=CC(=O)OC2[C@H](O[C@@H]3C(CO)O[C@@H](Oc4c(-c5ccc(O)cc5)oc5cc(O)cc(O)c5c4=O)C(O)[C@H]3O)OC(CO)[C@H](O)[C@@H]2O)ccc1O. The van der Waals surface area contributed by atoms with E-state index in [4.69, 9.17) is 32.8 Å². The number of phenolic OH excluding ortho intramolecular Hbond substituents is 4. The molecule has 10 atom stereocenters. The maximum atomic E-state index is 13.8. The minimum Gasteiger partial charge on any atom is -0.508 e. The molecule has 0 radical (unpaired) electrons. The Hall–Kier alpha value is -5.48. The van der Waals surface area contributed by atoms with E-state index in [1.54, 1.807) is 0 Å². The molecule has 1 aromatic heterocycles. The number of hydrogen-bond donors (Lipinski definition) is 10. The topological polar surface area (TPSA) is 305 Å². The molecule has 19 nitrogen and oxygen atoms in total. The molecular weight excluding hydrogens is 748 g/mol. The molecule has 19 heteroatoms. The van der Waals surface area contributed by atoms with Crippen LogP contribution < -0.4 is 14.9 Å². The summed E-state index contributed by atoms with van der Waals surface area (Å²) in [6, 6.07) is 11.4. The monoisotopic (exact) mass is 786 g/mol. The van der Waals surface area contributed by atoms with Crippen LogP contribution in [0.3, 0.4) is 0 Å². The van der Waals surface area contributed by atoms with Crippen LogP contribution in [0.5, 0.6) is 34.5 Å². The van der Waals surface area contributed by atoms with Crippen LogP contribution in [0.1, 0.15) is 5.56 Å². The average molecular weight is 787 g/mol. The van der Waals surface area contributed by atoms with E-state index >= 15 is 0 Å². The predicted octanol–water partition coefficient (Wildman–Crippen LogP) is -0.442. The number of esters is 1. The number of ether oxygens (including phenoxy) is 6. The van der Waals surface area contributed by atoms with Crippen LogP contribution in [0, 0.1) is 0 Å². The summed E-state index contributed by atoms with van der Waals surface area (Å²) in [5.74, 6) is -3.34. The molecule has 0 saturated carbocycles. The van der Waals surface area contributed by atoms with Gasteiger partial charge in [0.1, 0.15) is 70.9 Å². The van der Waals surface area contributed by atoms with Gasteiger partial charge >= 0.3 is 5.97 Å². The van der Waals surface area contributed by atoms with E-state index in [9.17, 15) is 60.7 Å². The van der Waals surface area contributed by atoms with Gasteiger partial charge in [-0.3, -0.25) is 4.79 Å². The van der Waals surface area contributed by atoms with Crippen molar-refractivity contribution >= 4 is 23.0 Å². The van der Waals surface area contributed by atoms with Crippen LogP contribution in [0.15, 0.2) is 69.9 Å². The Kier molecular flexibility index (Phi) is 12.0. The number of carbonyl (C=O) groups is 1. The minimum atomic E-state index is -2.09. The summed E-state index contributed by atoms with van der Waals surface area (Å²) in [6.07, 6.45) is -16.1. The second kappa shape index (κ2) is 16.7. The van der Waals surface area contributed by atoms with E-state index in [1.807, 2.05) is 0 Å². The molecule has 300 valence electrons. The number of aliphatic hydroxyl groups excluding tert-OH is 6. The third-order valence-corrected chi connectivity index (χ3v) is 9.09. The van der Waals surface area contributed by atoms with E-state index in [0.29, 0.717) is 5.56 Å². The summed E-state index contributed by atoms with van der Waals surface area (Å²) in [4.78, 5) is 26.7. The molecule has 0 bridgehead atoms. The maximum Gasteiger partial charge on any atom is 0.331 e. The molecule has 3 heterocycles. The first-order chi connectivity index (χ1) is 26.7. The summed E-state index contributed by atoms with van der Waals surface area (Å²) in [5.41, 5.74) is -0.714. The van der Waals surface area contributed by atoms with E-state index in [0.717, 1.165) is 18.2 Å². The van der Waals surface area contributed by atoms with Crippen molar-refractivity contribution in [2.45, 2.75) is 61.4 Å². The molecule has 2 saturated heterocycles. The Morgan fingerprint density at radius 1 is 0.768 bits per heavy atom. The van der Waals surface area contributed by atoms with Gasteiger partial charge < -0.3 is 83.9 Å². The van der Waals surface area contributed by atoms with Crippen molar-refractivity contribution in [3.05, 3.63) is 76.5 Å². The molecular formula is C37H38O19. The van der Waals surface area contributed by atoms with Crippen LogP contribution >= 0.6 is 0 Å². The fourth-order valence-corrected chi connectivity index (χ4v) is 6.19. The smallest absolute Gasteiger partial charge is 0.331 e. The van der Waals surface area contributed by atoms with Crippen LogP contribution in [-0.2, 0) is 23.7 Å². The number of benzene rings is 3. The zero-order valence-electron chi connectivity index (χ0n) is 29.2. The Morgan fingerprint density at radius 3 is 2.12 bits per heavy atom. The molecule has 4 aromatic rings. The molecule has 6 rings (SSSR count). The largest absolute Gasteiger partial charge is 0.508 e. The van der Waals surface area contributed by atoms with Crippen LogP contribution in [-0.4, -0.2) is 139 Å². The normalized spacial score (nSPS) is 28.0. The molecule has 56 heavy (non-hydrogen) atoms. The minimum absolute atomic E-state index is 0.115. The Labute approximate surface area is 315 Å². The van der Waals surface area contributed by atoms with Gasteiger partial charge in [0.25, 0.3) is 0 Å². The van der Waals surface area contributed by atoms with Crippen molar-refractivity contribution in [3.8, 4) is 45.8 Å². The van der Waals surface area contributed by atoms with Crippen molar-refractivity contribution in [2.75, 3.05) is 20.3 Å². The van der Waals surface area contributed by atoms with Gasteiger partial charge in [0, 0.05) is 23.8 Å². The first-order valence-corrected chi connectivity index (χ1v) is 16.9. The van der Waals surface area contributed by atoms with Gasteiger partial charge in [-0.15, -0.1) is 0 Å². The lowest BCUT2D eigenvalue weighted by atomic mass is 9.96. The maximum absolute atomic E-state index is 13.8. The lowest BCUT2D eigenvalue weighted by Crippen LogP contribution is -2.65. The third kappa shape index (κ3) is 8.07. The number of aromatic hydroxyl groups is 4. The number of aliphatic hydroxyl groups is 6. The Morgan fingerprint density at radius 2 is 1.45 bits per heavy atom. The van der Waals surface area contributed by atoms with E-state index in [-0.39, 0.29) is 34.2 Å². The van der Waals surface area contributed by atoms with Crippen molar-refractivity contribution < 1.29 is 88.7 Å². The summed E-state index contributed by atoms with van der Waals surface area (Å²) < 4.78 is 39.2. The standard InChI is InChI=1S/C37H38O19/c1-50-21-10-15(2-8-19(21)42)3-9-25(44)54-35-29(47)27(45)23(13-38)52-37(35)55-33-24(14-39)53-36(31(49)30(33)48)56-34-28(46)26-20(43)11-18(41)12-22(26)51-32(34)16-4-6-17(40)7-5-16/h2-12,23-24,27,29-31,33,35-43,45,47-49H,13-14H2,1H3/t23?,24?,27-,29-,30+,31?,33+,35?,36-,37-/m0/s1. The third-order valence-electron chi connectivity index (χ3n) is 9.09. The van der Waals surface area contributed by atoms with E-state index in [1.165, 1.54) is 55.7 Å². The highest BCUT2D eigenvalue weighted by Crippen LogP contribution is 2.38. The van der Waals surface area contributed by atoms with E-state index in [2.05, 4.69) is 0 Å². The fourth-order valence-electron chi connectivity index (χ4n) is 6.19. The lowest BCUT2D eigenvalue weighted by molar-refractivity contribution is -0.352. The van der Waals surface area contributed by atoms with Crippen LogP contribution in [0.4, 0.5) is 0 Å². The Bertz CT molecular complexity index is 2110. The highest BCUT2D eigenvalue weighted by Gasteiger charge is 2.52. The van der Waals surface area contributed by atoms with Crippen molar-refractivity contribution in [1.82, 2.24) is 0 Å². The second-order valence-electron chi connectivity index (χ2n) is 12.8. The van der Waals surface area contributed by atoms with Gasteiger partial charge in [0.15, 0.2) is 29.7 Å². The number of rotatable bonds is 11. The molecule has 2 aliphatic heterocycles. The highest BCUT2D eigenvalue weighted by molar-refractivity contribution is 5.88. The predicted molar refractivity (Wildman–Crippen MR) is 188 cm³/mol. The number of hydrogen-bond acceptors (Lipinski definition) is 19.